The van der Waals surface area contributed by atoms with Gasteiger partial charge in [-0.15, -0.1) is 0 Å². The molecule has 0 atom stereocenters. The lowest BCUT2D eigenvalue weighted by atomic mass is 9.88. The van der Waals surface area contributed by atoms with E-state index in [1.807, 2.05) is 54.2 Å². The van der Waals surface area contributed by atoms with Gasteiger partial charge in [-0.25, -0.2) is 14.4 Å². The summed E-state index contributed by atoms with van der Waals surface area (Å²) in [4.78, 5) is 26.0. The van der Waals surface area contributed by atoms with Gasteiger partial charge in [-0.3, -0.25) is 4.79 Å². The van der Waals surface area contributed by atoms with E-state index in [1.54, 1.807) is 19.4 Å². The summed E-state index contributed by atoms with van der Waals surface area (Å²) in [5.41, 5.74) is 3.48. The van der Waals surface area contributed by atoms with Crippen LogP contribution in [0.25, 0.3) is 11.1 Å². The Hall–Kier alpha value is -3.48. The van der Waals surface area contributed by atoms with Crippen LogP contribution in [0.1, 0.15) is 30.0 Å². The van der Waals surface area contributed by atoms with Gasteiger partial charge in [0.25, 0.3) is 0 Å². The summed E-state index contributed by atoms with van der Waals surface area (Å²) in [5.74, 6) is 1.38. The molecule has 1 aromatic heterocycles. The first-order chi connectivity index (χ1) is 15.9. The second-order valence-corrected chi connectivity index (χ2v) is 8.56. The Balaban J connectivity index is 1.50. The van der Waals surface area contributed by atoms with Crippen LogP contribution in [0.4, 0.5) is 10.3 Å². The van der Waals surface area contributed by atoms with E-state index < -0.39 is 0 Å². The Labute approximate surface area is 194 Å². The van der Waals surface area contributed by atoms with Crippen molar-refractivity contribution in [2.45, 2.75) is 25.2 Å². The number of halogens is 1. The standard InChI is InChI=1S/C26H29FN4O2/c1-30(2)26-28-17-23(20-7-5-8-21(27)16-20)25(29-26)19-10-12-31(13-11-19)24(32)15-18-6-4-9-22(14-18)33-3/h4-9,14,16-17,19H,10-13,15H2,1-3H3. The molecule has 0 saturated carbocycles. The zero-order valence-corrected chi connectivity index (χ0v) is 19.3. The average molecular weight is 449 g/mol. The third-order valence-corrected chi connectivity index (χ3v) is 6.07. The molecule has 6 nitrogen and oxygen atoms in total. The molecular weight excluding hydrogens is 419 g/mol. The number of anilines is 1. The van der Waals surface area contributed by atoms with Gasteiger partial charge in [-0.05, 0) is 48.2 Å². The summed E-state index contributed by atoms with van der Waals surface area (Å²) >= 11 is 0. The normalized spacial score (nSPS) is 14.2. The lowest BCUT2D eigenvalue weighted by molar-refractivity contribution is -0.131. The van der Waals surface area contributed by atoms with E-state index in [4.69, 9.17) is 9.72 Å². The maximum Gasteiger partial charge on any atom is 0.226 e. The third-order valence-electron chi connectivity index (χ3n) is 6.07. The molecule has 0 unspecified atom stereocenters. The second kappa shape index (κ2) is 9.98. The highest BCUT2D eigenvalue weighted by Crippen LogP contribution is 2.35. The van der Waals surface area contributed by atoms with Gasteiger partial charge < -0.3 is 14.5 Å². The van der Waals surface area contributed by atoms with Gasteiger partial charge in [0.2, 0.25) is 11.9 Å². The molecule has 3 aromatic rings. The SMILES string of the molecule is COc1cccc(CC(=O)N2CCC(c3nc(N(C)C)ncc3-c3cccc(F)c3)CC2)c1. The maximum absolute atomic E-state index is 13.9. The molecule has 7 heteroatoms. The number of ether oxygens (including phenoxy) is 1. The fraction of sp³-hybridized carbons (Fsp3) is 0.346. The van der Waals surface area contributed by atoms with E-state index in [0.29, 0.717) is 25.5 Å². The molecule has 1 aliphatic heterocycles. The van der Waals surface area contributed by atoms with Crippen molar-refractivity contribution < 1.29 is 13.9 Å². The summed E-state index contributed by atoms with van der Waals surface area (Å²) in [6.07, 6.45) is 3.74. The first-order valence-corrected chi connectivity index (χ1v) is 11.2. The average Bonchev–Trinajstić information content (AvgIpc) is 2.84. The Morgan fingerprint density at radius 2 is 1.91 bits per heavy atom. The van der Waals surface area contributed by atoms with Crippen molar-refractivity contribution in [2.75, 3.05) is 39.2 Å². The van der Waals surface area contributed by atoms with Gasteiger partial charge in [-0.1, -0.05) is 24.3 Å². The Morgan fingerprint density at radius 1 is 1.15 bits per heavy atom. The molecule has 172 valence electrons. The van der Waals surface area contributed by atoms with Crippen molar-refractivity contribution in [3.63, 3.8) is 0 Å². The number of aromatic nitrogens is 2. The summed E-state index contributed by atoms with van der Waals surface area (Å²) in [7, 11) is 5.43. The fourth-order valence-corrected chi connectivity index (χ4v) is 4.26. The lowest BCUT2D eigenvalue weighted by Crippen LogP contribution is -2.39. The second-order valence-electron chi connectivity index (χ2n) is 8.56. The molecule has 1 aliphatic rings. The number of hydrogen-bond acceptors (Lipinski definition) is 5. The number of carbonyl (C=O) groups excluding carboxylic acids is 1. The maximum atomic E-state index is 13.9. The van der Waals surface area contributed by atoms with Gasteiger partial charge >= 0.3 is 0 Å². The number of hydrogen-bond donors (Lipinski definition) is 0. The van der Waals surface area contributed by atoms with Crippen molar-refractivity contribution in [3.05, 3.63) is 71.8 Å². The number of methoxy groups -OCH3 is 1. The number of nitrogens with zero attached hydrogens (tertiary/aromatic N) is 4. The fourth-order valence-electron chi connectivity index (χ4n) is 4.26. The van der Waals surface area contributed by atoms with Crippen LogP contribution >= 0.6 is 0 Å². The Kier molecular flexibility index (Phi) is 6.87. The van der Waals surface area contributed by atoms with E-state index in [-0.39, 0.29) is 17.6 Å². The van der Waals surface area contributed by atoms with Crippen molar-refractivity contribution >= 4 is 11.9 Å². The van der Waals surface area contributed by atoms with Crippen LogP contribution < -0.4 is 9.64 Å². The van der Waals surface area contributed by atoms with Crippen LogP contribution in [0.2, 0.25) is 0 Å². The van der Waals surface area contributed by atoms with Crippen molar-refractivity contribution in [3.8, 4) is 16.9 Å². The quantitative estimate of drug-likeness (QED) is 0.563. The minimum absolute atomic E-state index is 0.115. The van der Waals surface area contributed by atoms with Gasteiger partial charge in [-0.2, -0.15) is 0 Å². The molecule has 2 aromatic carbocycles. The molecule has 0 radical (unpaired) electrons. The number of likely N-dealkylation sites (tertiary alicyclic amines) is 1. The molecule has 0 spiro atoms. The van der Waals surface area contributed by atoms with Gasteiger partial charge in [0, 0.05) is 44.9 Å². The largest absolute Gasteiger partial charge is 0.497 e. The minimum atomic E-state index is -0.284. The molecule has 0 aliphatic carbocycles. The molecule has 33 heavy (non-hydrogen) atoms. The van der Waals surface area contributed by atoms with E-state index in [2.05, 4.69) is 4.98 Å². The van der Waals surface area contributed by atoms with Crippen LogP contribution in [0.5, 0.6) is 5.75 Å². The first kappa shape index (κ1) is 22.7. The summed E-state index contributed by atoms with van der Waals surface area (Å²) in [6.45, 7) is 1.33. The number of carbonyl (C=O) groups is 1. The number of benzene rings is 2. The monoisotopic (exact) mass is 448 g/mol. The zero-order valence-electron chi connectivity index (χ0n) is 19.3. The van der Waals surface area contributed by atoms with Crippen molar-refractivity contribution in [1.82, 2.24) is 14.9 Å². The van der Waals surface area contributed by atoms with E-state index in [9.17, 15) is 9.18 Å². The topological polar surface area (TPSA) is 58.6 Å². The van der Waals surface area contributed by atoms with Crippen LogP contribution in [0.3, 0.4) is 0 Å². The van der Waals surface area contributed by atoms with Gasteiger partial charge in [0.1, 0.15) is 11.6 Å². The molecule has 1 saturated heterocycles. The van der Waals surface area contributed by atoms with E-state index >= 15 is 0 Å². The highest BCUT2D eigenvalue weighted by Gasteiger charge is 2.27. The zero-order chi connectivity index (χ0) is 23.4. The molecule has 2 heterocycles. The smallest absolute Gasteiger partial charge is 0.226 e. The van der Waals surface area contributed by atoms with Crippen LogP contribution in [-0.4, -0.2) is 55.1 Å². The predicted octanol–water partition coefficient (Wildman–Crippen LogP) is 4.31. The van der Waals surface area contributed by atoms with Crippen LogP contribution in [0, 0.1) is 5.82 Å². The van der Waals surface area contributed by atoms with Gasteiger partial charge in [0.05, 0.1) is 19.2 Å². The molecule has 1 amide bonds. The first-order valence-electron chi connectivity index (χ1n) is 11.2. The van der Waals surface area contributed by atoms with Crippen LogP contribution in [-0.2, 0) is 11.2 Å². The highest BCUT2D eigenvalue weighted by molar-refractivity contribution is 5.79. The lowest BCUT2D eigenvalue weighted by Gasteiger charge is -2.33. The summed E-state index contributed by atoms with van der Waals surface area (Å²) in [5, 5.41) is 0. The summed E-state index contributed by atoms with van der Waals surface area (Å²) in [6, 6.07) is 14.2. The molecule has 0 N–H and O–H groups in total. The Morgan fingerprint density at radius 3 is 2.61 bits per heavy atom. The molecular formula is C26H29FN4O2. The third kappa shape index (κ3) is 5.30. The van der Waals surface area contributed by atoms with Crippen molar-refractivity contribution in [1.29, 1.82) is 0 Å². The molecule has 0 bridgehead atoms. The minimum Gasteiger partial charge on any atom is -0.497 e. The van der Waals surface area contributed by atoms with E-state index in [1.165, 1.54) is 12.1 Å². The van der Waals surface area contributed by atoms with E-state index in [0.717, 1.165) is 41.0 Å². The number of piperidine rings is 1. The predicted molar refractivity (Wildman–Crippen MR) is 127 cm³/mol. The summed E-state index contributed by atoms with van der Waals surface area (Å²) < 4.78 is 19.2. The number of amides is 1. The molecule has 1 fully saturated rings. The number of rotatable bonds is 6. The van der Waals surface area contributed by atoms with Crippen molar-refractivity contribution in [2.24, 2.45) is 0 Å². The van der Waals surface area contributed by atoms with Gasteiger partial charge in [0.15, 0.2) is 0 Å². The molecule has 4 rings (SSSR count). The highest BCUT2D eigenvalue weighted by atomic mass is 19.1. The Bertz CT molecular complexity index is 1130. The van der Waals surface area contributed by atoms with Crippen LogP contribution in [0.15, 0.2) is 54.7 Å².